The van der Waals surface area contributed by atoms with E-state index in [9.17, 15) is 9.59 Å². The summed E-state index contributed by atoms with van der Waals surface area (Å²) in [6, 6.07) is 1.55. The summed E-state index contributed by atoms with van der Waals surface area (Å²) in [7, 11) is 1.59. The first kappa shape index (κ1) is 13.6. The third-order valence-electron chi connectivity index (χ3n) is 2.57. The van der Waals surface area contributed by atoms with Crippen LogP contribution in [0.25, 0.3) is 5.78 Å². The van der Waals surface area contributed by atoms with Crippen LogP contribution < -0.4 is 10.9 Å². The molecular formula is C11H15N5O2S. The Bertz CT molecular complexity index is 648. The Morgan fingerprint density at radius 2 is 2.32 bits per heavy atom. The molecule has 0 saturated carbocycles. The van der Waals surface area contributed by atoms with Gasteiger partial charge in [-0.3, -0.25) is 19.0 Å². The van der Waals surface area contributed by atoms with Gasteiger partial charge in [0.05, 0.1) is 5.75 Å². The van der Waals surface area contributed by atoms with Gasteiger partial charge < -0.3 is 5.32 Å². The van der Waals surface area contributed by atoms with Crippen molar-refractivity contribution in [3.63, 3.8) is 0 Å². The molecule has 0 bridgehead atoms. The number of aromatic nitrogens is 4. The highest BCUT2D eigenvalue weighted by Crippen LogP contribution is 2.17. The second-order valence-corrected chi connectivity index (χ2v) is 4.92. The molecule has 0 atom stereocenters. The molecule has 2 aromatic rings. The molecule has 2 aromatic heterocycles. The van der Waals surface area contributed by atoms with Crippen LogP contribution in [0.15, 0.2) is 16.0 Å². The van der Waals surface area contributed by atoms with Crippen LogP contribution in [0.3, 0.4) is 0 Å². The highest BCUT2D eigenvalue weighted by Gasteiger charge is 2.12. The Kier molecular flexibility index (Phi) is 4.20. The van der Waals surface area contributed by atoms with Crippen LogP contribution in [0, 0.1) is 0 Å². The highest BCUT2D eigenvalue weighted by atomic mass is 32.2. The van der Waals surface area contributed by atoms with Crippen molar-refractivity contribution in [1.29, 1.82) is 0 Å². The summed E-state index contributed by atoms with van der Waals surface area (Å²) in [4.78, 5) is 25.4. The largest absolute Gasteiger partial charge is 0.358 e. The zero-order valence-corrected chi connectivity index (χ0v) is 11.6. The molecule has 0 spiro atoms. The van der Waals surface area contributed by atoms with Gasteiger partial charge in [0.25, 0.3) is 5.56 Å². The standard InChI is InChI=1S/C11H15N5O2S/c1-3-4-7-5-8(17)13-10-14-15-11(16(7)10)19-6-9(18)12-2/h5H,3-4,6H2,1-2H3,(H,12,18)(H,13,14,17). The third-order valence-corrected chi connectivity index (χ3v) is 3.50. The van der Waals surface area contributed by atoms with Crippen LogP contribution in [0.4, 0.5) is 0 Å². The molecule has 8 heteroatoms. The molecule has 0 radical (unpaired) electrons. The number of carbonyl (C=O) groups excluding carboxylic acids is 1. The van der Waals surface area contributed by atoms with Gasteiger partial charge in [-0.1, -0.05) is 25.1 Å². The lowest BCUT2D eigenvalue weighted by Crippen LogP contribution is -2.20. The lowest BCUT2D eigenvalue weighted by molar-refractivity contribution is -0.118. The van der Waals surface area contributed by atoms with Crippen molar-refractivity contribution < 1.29 is 4.79 Å². The van der Waals surface area contributed by atoms with Crippen molar-refractivity contribution in [3.05, 3.63) is 22.1 Å². The topological polar surface area (TPSA) is 92.2 Å². The van der Waals surface area contributed by atoms with E-state index in [-0.39, 0.29) is 17.2 Å². The van der Waals surface area contributed by atoms with Gasteiger partial charge in [-0.15, -0.1) is 10.2 Å². The van der Waals surface area contributed by atoms with Crippen LogP contribution in [-0.2, 0) is 11.2 Å². The number of rotatable bonds is 5. The van der Waals surface area contributed by atoms with E-state index in [0.29, 0.717) is 10.9 Å². The number of nitrogens with one attached hydrogen (secondary N) is 2. The monoisotopic (exact) mass is 281 g/mol. The number of H-pyrrole nitrogens is 1. The van der Waals surface area contributed by atoms with Crippen molar-refractivity contribution in [2.24, 2.45) is 0 Å². The summed E-state index contributed by atoms with van der Waals surface area (Å²) in [6.45, 7) is 2.04. The Hall–Kier alpha value is -1.83. The predicted octanol–water partition coefficient (Wildman–Crippen LogP) is 0.208. The van der Waals surface area contributed by atoms with Gasteiger partial charge in [0.15, 0.2) is 5.16 Å². The quantitative estimate of drug-likeness (QED) is 0.764. The SMILES string of the molecule is CCCc1cc(=O)[nH]c2nnc(SCC(=O)NC)n12. The number of hydrogen-bond donors (Lipinski definition) is 2. The zero-order chi connectivity index (χ0) is 13.8. The first-order valence-electron chi connectivity index (χ1n) is 5.96. The molecule has 0 aliphatic rings. The fourth-order valence-electron chi connectivity index (χ4n) is 1.71. The maximum atomic E-state index is 11.5. The van der Waals surface area contributed by atoms with Crippen LogP contribution in [0.2, 0.25) is 0 Å². The van der Waals surface area contributed by atoms with Gasteiger partial charge in [-0.25, -0.2) is 0 Å². The molecule has 0 aliphatic carbocycles. The van der Waals surface area contributed by atoms with Crippen LogP contribution in [-0.4, -0.2) is 38.3 Å². The maximum Gasteiger partial charge on any atom is 0.252 e. The van der Waals surface area contributed by atoms with Crippen molar-refractivity contribution in [1.82, 2.24) is 24.9 Å². The van der Waals surface area contributed by atoms with Crippen molar-refractivity contribution in [2.75, 3.05) is 12.8 Å². The molecule has 0 saturated heterocycles. The molecule has 102 valence electrons. The normalized spacial score (nSPS) is 10.8. The second-order valence-electron chi connectivity index (χ2n) is 3.98. The van der Waals surface area contributed by atoms with Crippen molar-refractivity contribution in [2.45, 2.75) is 24.9 Å². The Morgan fingerprint density at radius 3 is 3.00 bits per heavy atom. The molecule has 0 fully saturated rings. The lowest BCUT2D eigenvalue weighted by Gasteiger charge is -2.05. The predicted molar refractivity (Wildman–Crippen MR) is 72.4 cm³/mol. The minimum absolute atomic E-state index is 0.0804. The number of aryl methyl sites for hydroxylation is 1. The summed E-state index contributed by atoms with van der Waals surface area (Å²) >= 11 is 1.29. The van der Waals surface area contributed by atoms with Crippen LogP contribution in [0.5, 0.6) is 0 Å². The molecule has 2 rings (SSSR count). The van der Waals surface area contributed by atoms with Crippen molar-refractivity contribution in [3.8, 4) is 0 Å². The number of aromatic amines is 1. The van der Waals surface area contributed by atoms with E-state index < -0.39 is 0 Å². The Balaban J connectivity index is 2.39. The van der Waals surface area contributed by atoms with E-state index in [1.54, 1.807) is 17.5 Å². The molecule has 2 heterocycles. The summed E-state index contributed by atoms with van der Waals surface area (Å²) < 4.78 is 1.79. The minimum atomic E-state index is -0.189. The number of thioether (sulfide) groups is 1. The summed E-state index contributed by atoms with van der Waals surface area (Å²) in [5, 5.41) is 11.1. The fourth-order valence-corrected chi connectivity index (χ4v) is 2.54. The zero-order valence-electron chi connectivity index (χ0n) is 10.8. The average Bonchev–Trinajstić information content (AvgIpc) is 2.79. The summed E-state index contributed by atoms with van der Waals surface area (Å²) in [5.74, 6) is 0.598. The molecule has 7 nitrogen and oxygen atoms in total. The lowest BCUT2D eigenvalue weighted by atomic mass is 10.2. The average molecular weight is 281 g/mol. The van der Waals surface area contributed by atoms with E-state index in [1.165, 1.54) is 11.8 Å². The van der Waals surface area contributed by atoms with Gasteiger partial charge in [0.2, 0.25) is 11.7 Å². The van der Waals surface area contributed by atoms with Crippen LogP contribution in [0.1, 0.15) is 19.0 Å². The number of fused-ring (bicyclic) bond motifs is 1. The van der Waals surface area contributed by atoms with Gasteiger partial charge in [0, 0.05) is 18.8 Å². The molecule has 2 N–H and O–H groups in total. The van der Waals surface area contributed by atoms with E-state index in [1.807, 2.05) is 6.92 Å². The Morgan fingerprint density at radius 1 is 1.53 bits per heavy atom. The number of hydrogen-bond acceptors (Lipinski definition) is 5. The maximum absolute atomic E-state index is 11.5. The van der Waals surface area contributed by atoms with E-state index >= 15 is 0 Å². The van der Waals surface area contributed by atoms with E-state index in [0.717, 1.165) is 18.5 Å². The van der Waals surface area contributed by atoms with Crippen LogP contribution >= 0.6 is 11.8 Å². The summed E-state index contributed by atoms with van der Waals surface area (Å²) in [6.07, 6.45) is 1.67. The first-order chi connectivity index (χ1) is 9.15. The minimum Gasteiger partial charge on any atom is -0.358 e. The summed E-state index contributed by atoms with van der Waals surface area (Å²) in [5.41, 5.74) is 0.664. The van der Waals surface area contributed by atoms with E-state index in [4.69, 9.17) is 0 Å². The Labute approximate surface area is 113 Å². The molecule has 0 unspecified atom stereocenters. The molecule has 0 aliphatic heterocycles. The van der Waals surface area contributed by atoms with Gasteiger partial charge in [0.1, 0.15) is 0 Å². The number of amides is 1. The molecule has 1 amide bonds. The van der Waals surface area contributed by atoms with Gasteiger partial charge in [-0.05, 0) is 6.42 Å². The third kappa shape index (κ3) is 2.95. The fraction of sp³-hybridized carbons (Fsp3) is 0.455. The van der Waals surface area contributed by atoms with E-state index in [2.05, 4.69) is 20.5 Å². The number of carbonyl (C=O) groups is 1. The second kappa shape index (κ2) is 5.87. The molecule has 19 heavy (non-hydrogen) atoms. The first-order valence-corrected chi connectivity index (χ1v) is 6.95. The van der Waals surface area contributed by atoms with Crippen molar-refractivity contribution >= 4 is 23.4 Å². The highest BCUT2D eigenvalue weighted by molar-refractivity contribution is 7.99. The molecule has 0 aromatic carbocycles. The van der Waals surface area contributed by atoms with Gasteiger partial charge in [-0.2, -0.15) is 0 Å². The van der Waals surface area contributed by atoms with Gasteiger partial charge >= 0.3 is 0 Å². The molecular weight excluding hydrogens is 266 g/mol. The number of nitrogens with zero attached hydrogens (tertiary/aromatic N) is 3. The smallest absolute Gasteiger partial charge is 0.252 e.